The molecule has 0 bridgehead atoms. The topological polar surface area (TPSA) is 54.9 Å². The zero-order chi connectivity index (χ0) is 19.7. The van der Waals surface area contributed by atoms with Crippen LogP contribution < -0.4 is 15.4 Å². The number of methoxy groups -OCH3 is 1. The zero-order valence-electron chi connectivity index (χ0n) is 16.5. The minimum absolute atomic E-state index is 0.186. The Balaban J connectivity index is 1.95. The molecule has 0 heterocycles. The molecule has 1 aromatic rings. The predicted octanol–water partition coefficient (Wildman–Crippen LogP) is 3.86. The van der Waals surface area contributed by atoms with Crippen molar-refractivity contribution in [3.05, 3.63) is 29.3 Å². The lowest BCUT2D eigenvalue weighted by atomic mass is 9.83. The van der Waals surface area contributed by atoms with Gasteiger partial charge in [-0.05, 0) is 37.7 Å². The minimum Gasteiger partial charge on any atom is -0.434 e. The van der Waals surface area contributed by atoms with Gasteiger partial charge >= 0.3 is 6.61 Å². The van der Waals surface area contributed by atoms with E-state index in [2.05, 4.69) is 20.4 Å². The standard InChI is InChI=1S/C20H31F2N3O2/c1-15-6-7-17(27-18(21)22)16(12-15)13-24-19(23-2)25-14-20(10-11-26-3)8-4-5-9-20/h6-7,12,18H,4-5,8-11,13-14H2,1-3H3,(H2,23,24,25). The molecule has 1 saturated carbocycles. The van der Waals surface area contributed by atoms with Gasteiger partial charge in [-0.2, -0.15) is 8.78 Å². The van der Waals surface area contributed by atoms with Crippen molar-refractivity contribution in [1.82, 2.24) is 10.6 Å². The molecule has 27 heavy (non-hydrogen) atoms. The monoisotopic (exact) mass is 383 g/mol. The van der Waals surface area contributed by atoms with Crippen molar-refractivity contribution in [2.45, 2.75) is 52.2 Å². The molecule has 1 aliphatic carbocycles. The summed E-state index contributed by atoms with van der Waals surface area (Å²) in [6.45, 7) is 1.01. The molecule has 1 fully saturated rings. The summed E-state index contributed by atoms with van der Waals surface area (Å²) in [7, 11) is 3.44. The quantitative estimate of drug-likeness (QED) is 0.502. The molecule has 2 rings (SSSR count). The Hall–Kier alpha value is -1.89. The predicted molar refractivity (Wildman–Crippen MR) is 103 cm³/mol. The maximum absolute atomic E-state index is 12.6. The number of nitrogens with one attached hydrogen (secondary N) is 2. The highest BCUT2D eigenvalue weighted by molar-refractivity contribution is 5.79. The summed E-state index contributed by atoms with van der Waals surface area (Å²) in [6.07, 6.45) is 5.89. The Morgan fingerprint density at radius 1 is 1.26 bits per heavy atom. The van der Waals surface area contributed by atoms with Crippen molar-refractivity contribution in [1.29, 1.82) is 0 Å². The van der Waals surface area contributed by atoms with Crippen LogP contribution in [0.15, 0.2) is 23.2 Å². The molecule has 2 N–H and O–H groups in total. The lowest BCUT2D eigenvalue weighted by molar-refractivity contribution is -0.0504. The second-order valence-electron chi connectivity index (χ2n) is 7.22. The van der Waals surface area contributed by atoms with E-state index in [1.165, 1.54) is 25.7 Å². The van der Waals surface area contributed by atoms with Crippen LogP contribution in [0.25, 0.3) is 0 Å². The molecule has 7 heteroatoms. The third-order valence-corrected chi connectivity index (χ3v) is 5.23. The molecule has 0 spiro atoms. The third kappa shape index (κ3) is 6.65. The lowest BCUT2D eigenvalue weighted by Gasteiger charge is -2.30. The molecule has 0 unspecified atom stereocenters. The maximum Gasteiger partial charge on any atom is 0.387 e. The first kappa shape index (κ1) is 21.4. The number of benzene rings is 1. The van der Waals surface area contributed by atoms with Gasteiger partial charge in [0.15, 0.2) is 5.96 Å². The van der Waals surface area contributed by atoms with Crippen LogP contribution in [0.3, 0.4) is 0 Å². The fourth-order valence-corrected chi connectivity index (χ4v) is 3.69. The van der Waals surface area contributed by atoms with Crippen molar-refractivity contribution < 1.29 is 18.3 Å². The minimum atomic E-state index is -2.84. The van der Waals surface area contributed by atoms with Gasteiger partial charge in [-0.1, -0.05) is 30.5 Å². The van der Waals surface area contributed by atoms with E-state index in [1.807, 2.05) is 13.0 Å². The van der Waals surface area contributed by atoms with Gasteiger partial charge in [0.2, 0.25) is 0 Å². The van der Waals surface area contributed by atoms with E-state index in [4.69, 9.17) is 4.74 Å². The van der Waals surface area contributed by atoms with Crippen LogP contribution in [0.4, 0.5) is 8.78 Å². The van der Waals surface area contributed by atoms with E-state index in [0.717, 1.165) is 25.1 Å². The molecule has 1 aromatic carbocycles. The lowest BCUT2D eigenvalue weighted by Crippen LogP contribution is -2.43. The van der Waals surface area contributed by atoms with Gasteiger partial charge in [0.1, 0.15) is 5.75 Å². The third-order valence-electron chi connectivity index (χ3n) is 5.23. The molecule has 0 aromatic heterocycles. The van der Waals surface area contributed by atoms with Crippen LogP contribution in [-0.4, -0.2) is 39.9 Å². The van der Waals surface area contributed by atoms with Gasteiger partial charge in [0, 0.05) is 39.4 Å². The number of hydrogen-bond acceptors (Lipinski definition) is 3. The molecule has 0 radical (unpaired) electrons. The number of halogens is 2. The second-order valence-corrected chi connectivity index (χ2v) is 7.22. The van der Waals surface area contributed by atoms with E-state index in [9.17, 15) is 8.78 Å². The average Bonchev–Trinajstić information content (AvgIpc) is 3.11. The second kappa shape index (κ2) is 10.4. The van der Waals surface area contributed by atoms with Crippen molar-refractivity contribution in [2.75, 3.05) is 27.3 Å². The first-order valence-electron chi connectivity index (χ1n) is 9.46. The maximum atomic E-state index is 12.6. The Labute approximate surface area is 160 Å². The van der Waals surface area contributed by atoms with Crippen molar-refractivity contribution in [2.24, 2.45) is 10.4 Å². The number of ether oxygens (including phenoxy) is 2. The Morgan fingerprint density at radius 2 is 2.00 bits per heavy atom. The number of guanidine groups is 1. The molecular weight excluding hydrogens is 352 g/mol. The molecule has 5 nitrogen and oxygen atoms in total. The van der Waals surface area contributed by atoms with Crippen LogP contribution in [0.5, 0.6) is 5.75 Å². The summed E-state index contributed by atoms with van der Waals surface area (Å²) in [4.78, 5) is 4.26. The van der Waals surface area contributed by atoms with Gasteiger partial charge in [0.05, 0.1) is 0 Å². The van der Waals surface area contributed by atoms with Gasteiger partial charge in [-0.3, -0.25) is 4.99 Å². The number of alkyl halides is 2. The van der Waals surface area contributed by atoms with E-state index < -0.39 is 6.61 Å². The van der Waals surface area contributed by atoms with Crippen LogP contribution in [-0.2, 0) is 11.3 Å². The van der Waals surface area contributed by atoms with Crippen molar-refractivity contribution in [3.63, 3.8) is 0 Å². The van der Waals surface area contributed by atoms with Crippen LogP contribution >= 0.6 is 0 Å². The fraction of sp³-hybridized carbons (Fsp3) is 0.650. The van der Waals surface area contributed by atoms with Gasteiger partial charge < -0.3 is 20.1 Å². The molecular formula is C20H31F2N3O2. The average molecular weight is 383 g/mol. The number of rotatable bonds is 9. The molecule has 0 saturated heterocycles. The van der Waals surface area contributed by atoms with Crippen LogP contribution in [0, 0.1) is 12.3 Å². The number of aryl methyl sites for hydroxylation is 1. The summed E-state index contributed by atoms with van der Waals surface area (Å²) in [6, 6.07) is 5.18. The van der Waals surface area contributed by atoms with E-state index in [1.54, 1.807) is 26.3 Å². The molecule has 0 amide bonds. The molecule has 0 atom stereocenters. The highest BCUT2D eigenvalue weighted by atomic mass is 19.3. The molecule has 0 aliphatic heterocycles. The van der Waals surface area contributed by atoms with Crippen LogP contribution in [0.2, 0.25) is 0 Å². The molecule has 152 valence electrons. The highest BCUT2D eigenvalue weighted by Crippen LogP contribution is 2.40. The van der Waals surface area contributed by atoms with E-state index in [-0.39, 0.29) is 11.2 Å². The van der Waals surface area contributed by atoms with E-state index in [0.29, 0.717) is 18.1 Å². The normalized spacial score (nSPS) is 16.6. The largest absolute Gasteiger partial charge is 0.434 e. The smallest absolute Gasteiger partial charge is 0.387 e. The number of aliphatic imine (C=N–C) groups is 1. The summed E-state index contributed by atoms with van der Waals surface area (Å²) < 4.78 is 35.1. The summed E-state index contributed by atoms with van der Waals surface area (Å²) >= 11 is 0. The van der Waals surface area contributed by atoms with Gasteiger partial charge in [0.25, 0.3) is 0 Å². The van der Waals surface area contributed by atoms with Gasteiger partial charge in [-0.25, -0.2) is 0 Å². The SMILES string of the molecule is CN=C(NCc1cc(C)ccc1OC(F)F)NCC1(CCOC)CCCC1. The summed E-state index contributed by atoms with van der Waals surface area (Å²) in [5, 5.41) is 6.61. The van der Waals surface area contributed by atoms with E-state index >= 15 is 0 Å². The Kier molecular flexibility index (Phi) is 8.28. The first-order chi connectivity index (χ1) is 13.0. The summed E-state index contributed by atoms with van der Waals surface area (Å²) in [5.41, 5.74) is 1.90. The highest BCUT2D eigenvalue weighted by Gasteiger charge is 2.33. The first-order valence-corrected chi connectivity index (χ1v) is 9.46. The summed E-state index contributed by atoms with van der Waals surface area (Å²) in [5.74, 6) is 0.842. The van der Waals surface area contributed by atoms with Gasteiger partial charge in [-0.15, -0.1) is 0 Å². The zero-order valence-corrected chi connectivity index (χ0v) is 16.5. The Bertz CT molecular complexity index is 617. The number of nitrogens with zero attached hydrogens (tertiary/aromatic N) is 1. The number of hydrogen-bond donors (Lipinski definition) is 2. The van der Waals surface area contributed by atoms with Crippen LogP contribution in [0.1, 0.15) is 43.2 Å². The Morgan fingerprint density at radius 3 is 2.63 bits per heavy atom. The van der Waals surface area contributed by atoms with Crippen molar-refractivity contribution in [3.8, 4) is 5.75 Å². The fourth-order valence-electron chi connectivity index (χ4n) is 3.69. The van der Waals surface area contributed by atoms with Crippen molar-refractivity contribution >= 4 is 5.96 Å². The molecule has 1 aliphatic rings.